The molecule has 20 heavy (non-hydrogen) atoms. The van der Waals surface area contributed by atoms with Crippen LogP contribution in [0.25, 0.3) is 0 Å². The number of hydrogen-bond acceptors (Lipinski definition) is 3. The Morgan fingerprint density at radius 1 is 1.20 bits per heavy atom. The maximum absolute atomic E-state index is 12.7. The Bertz CT molecular complexity index is 537. The summed E-state index contributed by atoms with van der Waals surface area (Å²) < 4.78 is 27.0. The largest absolute Gasteiger partial charge is 0.398 e. The van der Waals surface area contributed by atoms with Crippen molar-refractivity contribution in [1.29, 1.82) is 0 Å². The van der Waals surface area contributed by atoms with Crippen molar-refractivity contribution in [2.24, 2.45) is 5.92 Å². The van der Waals surface area contributed by atoms with Crippen molar-refractivity contribution in [3.8, 4) is 0 Å². The number of rotatable bonds is 7. The third kappa shape index (κ3) is 3.73. The lowest BCUT2D eigenvalue weighted by Gasteiger charge is -2.25. The molecule has 2 N–H and O–H groups in total. The maximum Gasteiger partial charge on any atom is 0.245 e. The molecule has 0 spiro atoms. The Morgan fingerprint density at radius 2 is 1.80 bits per heavy atom. The second kappa shape index (κ2) is 7.09. The van der Waals surface area contributed by atoms with Crippen LogP contribution in [-0.4, -0.2) is 25.8 Å². The lowest BCUT2D eigenvalue weighted by Crippen LogP contribution is -2.35. The van der Waals surface area contributed by atoms with Gasteiger partial charge in [0.05, 0.1) is 5.69 Å². The molecule has 1 aromatic rings. The van der Waals surface area contributed by atoms with E-state index in [9.17, 15) is 8.42 Å². The Balaban J connectivity index is 3.11. The summed E-state index contributed by atoms with van der Waals surface area (Å²) in [5, 5.41) is 0. The van der Waals surface area contributed by atoms with Gasteiger partial charge < -0.3 is 5.73 Å². The van der Waals surface area contributed by atoms with E-state index in [1.54, 1.807) is 18.2 Å². The molecular weight excluding hydrogens is 272 g/mol. The summed E-state index contributed by atoms with van der Waals surface area (Å²) in [4.78, 5) is 0.218. The van der Waals surface area contributed by atoms with E-state index in [0.29, 0.717) is 24.7 Å². The van der Waals surface area contributed by atoms with Gasteiger partial charge in [-0.3, -0.25) is 0 Å². The van der Waals surface area contributed by atoms with Gasteiger partial charge in [0, 0.05) is 13.1 Å². The number of sulfonamides is 1. The predicted molar refractivity (Wildman–Crippen MR) is 84.1 cm³/mol. The van der Waals surface area contributed by atoms with Crippen LogP contribution in [0.1, 0.15) is 39.2 Å². The lowest BCUT2D eigenvalue weighted by atomic mass is 10.0. The summed E-state index contributed by atoms with van der Waals surface area (Å²) in [6, 6.07) is 5.10. The van der Waals surface area contributed by atoms with Crippen LogP contribution in [-0.2, 0) is 10.0 Å². The standard InChI is InChI=1S/C15H26N2O2S/c1-5-13(6-2)11-17(7-3)20(18,19)15-9-8-12(4)10-14(15)16/h8-10,13H,5-7,11,16H2,1-4H3. The van der Waals surface area contributed by atoms with Gasteiger partial charge in [0.2, 0.25) is 10.0 Å². The van der Waals surface area contributed by atoms with Crippen molar-refractivity contribution in [2.75, 3.05) is 18.8 Å². The molecule has 1 aromatic carbocycles. The summed E-state index contributed by atoms with van der Waals surface area (Å²) in [5.74, 6) is 0.386. The summed E-state index contributed by atoms with van der Waals surface area (Å²) in [6.07, 6.45) is 1.96. The summed E-state index contributed by atoms with van der Waals surface area (Å²) >= 11 is 0. The first-order chi connectivity index (χ1) is 9.36. The summed E-state index contributed by atoms with van der Waals surface area (Å²) in [5.41, 5.74) is 7.18. The fourth-order valence-corrected chi connectivity index (χ4v) is 3.90. The third-order valence-corrected chi connectivity index (χ3v) is 5.77. The number of nitrogens with zero attached hydrogens (tertiary/aromatic N) is 1. The molecule has 0 radical (unpaired) electrons. The second-order valence-electron chi connectivity index (χ2n) is 5.18. The third-order valence-electron chi connectivity index (χ3n) is 3.75. The van der Waals surface area contributed by atoms with Gasteiger partial charge in [0.15, 0.2) is 0 Å². The topological polar surface area (TPSA) is 63.4 Å². The van der Waals surface area contributed by atoms with Gasteiger partial charge >= 0.3 is 0 Å². The highest BCUT2D eigenvalue weighted by molar-refractivity contribution is 7.89. The molecule has 0 fully saturated rings. The van der Waals surface area contributed by atoms with Crippen LogP contribution in [0, 0.1) is 12.8 Å². The molecule has 5 heteroatoms. The average molecular weight is 298 g/mol. The molecule has 0 aromatic heterocycles. The quantitative estimate of drug-likeness (QED) is 0.787. The van der Waals surface area contributed by atoms with Crippen LogP contribution in [0.3, 0.4) is 0 Å². The molecule has 0 bridgehead atoms. The van der Waals surface area contributed by atoms with Gasteiger partial charge in [-0.25, -0.2) is 8.42 Å². The molecule has 0 saturated heterocycles. The van der Waals surface area contributed by atoms with E-state index in [4.69, 9.17) is 5.73 Å². The number of aryl methyl sites for hydroxylation is 1. The van der Waals surface area contributed by atoms with Crippen molar-refractivity contribution in [1.82, 2.24) is 4.31 Å². The average Bonchev–Trinajstić information content (AvgIpc) is 2.39. The molecular formula is C15H26N2O2S. The summed E-state index contributed by atoms with van der Waals surface area (Å²) in [6.45, 7) is 8.97. The number of anilines is 1. The van der Waals surface area contributed by atoms with Crippen LogP contribution in [0.5, 0.6) is 0 Å². The first-order valence-electron chi connectivity index (χ1n) is 7.23. The van der Waals surface area contributed by atoms with E-state index in [1.807, 2.05) is 13.8 Å². The first-order valence-corrected chi connectivity index (χ1v) is 8.67. The molecule has 0 heterocycles. The van der Waals surface area contributed by atoms with E-state index in [2.05, 4.69) is 13.8 Å². The summed E-state index contributed by atoms with van der Waals surface area (Å²) in [7, 11) is -3.51. The van der Waals surface area contributed by atoms with Crippen LogP contribution in [0.2, 0.25) is 0 Å². The highest BCUT2D eigenvalue weighted by atomic mass is 32.2. The van der Waals surface area contributed by atoms with Crippen molar-refractivity contribution in [3.63, 3.8) is 0 Å². The van der Waals surface area contributed by atoms with E-state index in [1.165, 1.54) is 4.31 Å². The maximum atomic E-state index is 12.7. The van der Waals surface area contributed by atoms with E-state index in [-0.39, 0.29) is 4.90 Å². The van der Waals surface area contributed by atoms with Gasteiger partial charge in [0.25, 0.3) is 0 Å². The first kappa shape index (κ1) is 17.0. The molecule has 0 aliphatic heterocycles. The minimum Gasteiger partial charge on any atom is -0.398 e. The van der Waals surface area contributed by atoms with Gasteiger partial charge in [-0.2, -0.15) is 4.31 Å². The zero-order valence-electron chi connectivity index (χ0n) is 12.9. The van der Waals surface area contributed by atoms with Crippen LogP contribution in [0.15, 0.2) is 23.1 Å². The van der Waals surface area contributed by atoms with E-state index >= 15 is 0 Å². The molecule has 0 atom stereocenters. The zero-order valence-corrected chi connectivity index (χ0v) is 13.7. The van der Waals surface area contributed by atoms with Crippen LogP contribution < -0.4 is 5.73 Å². The smallest absolute Gasteiger partial charge is 0.245 e. The van der Waals surface area contributed by atoms with Crippen LogP contribution in [0.4, 0.5) is 5.69 Å². The minimum atomic E-state index is -3.51. The number of nitrogens with two attached hydrogens (primary N) is 1. The van der Waals surface area contributed by atoms with E-state index < -0.39 is 10.0 Å². The SMILES string of the molecule is CCC(CC)CN(CC)S(=O)(=O)c1ccc(C)cc1N. The molecule has 1 rings (SSSR count). The monoisotopic (exact) mass is 298 g/mol. The number of hydrogen-bond donors (Lipinski definition) is 1. The van der Waals surface area contributed by atoms with Gasteiger partial charge in [-0.15, -0.1) is 0 Å². The molecule has 0 amide bonds. The second-order valence-corrected chi connectivity index (χ2v) is 7.09. The minimum absolute atomic E-state index is 0.218. The van der Waals surface area contributed by atoms with Crippen LogP contribution >= 0.6 is 0 Å². The fourth-order valence-electron chi connectivity index (χ4n) is 2.27. The molecule has 0 saturated carbocycles. The number of nitrogen functional groups attached to an aromatic ring is 1. The van der Waals surface area contributed by atoms with Gasteiger partial charge in [-0.1, -0.05) is 39.7 Å². The molecule has 0 aliphatic carbocycles. The number of benzene rings is 1. The highest BCUT2D eigenvalue weighted by Crippen LogP contribution is 2.24. The van der Waals surface area contributed by atoms with E-state index in [0.717, 1.165) is 18.4 Å². The lowest BCUT2D eigenvalue weighted by molar-refractivity contribution is 0.339. The predicted octanol–water partition coefficient (Wildman–Crippen LogP) is 3.02. The van der Waals surface area contributed by atoms with Crippen molar-refractivity contribution in [3.05, 3.63) is 23.8 Å². The Labute approximate surface area is 123 Å². The molecule has 114 valence electrons. The van der Waals surface area contributed by atoms with Crippen molar-refractivity contribution >= 4 is 15.7 Å². The van der Waals surface area contributed by atoms with Gasteiger partial charge in [-0.05, 0) is 30.5 Å². The normalized spacial score (nSPS) is 12.3. The highest BCUT2D eigenvalue weighted by Gasteiger charge is 2.26. The van der Waals surface area contributed by atoms with Crippen molar-refractivity contribution in [2.45, 2.75) is 45.4 Å². The fraction of sp³-hybridized carbons (Fsp3) is 0.600. The van der Waals surface area contributed by atoms with Gasteiger partial charge in [0.1, 0.15) is 4.90 Å². The zero-order chi connectivity index (χ0) is 15.3. The van der Waals surface area contributed by atoms with Crippen molar-refractivity contribution < 1.29 is 8.42 Å². The molecule has 0 unspecified atom stereocenters. The molecule has 0 aliphatic rings. The Kier molecular flexibility index (Phi) is 6.02. The Hall–Kier alpha value is -1.07. The Morgan fingerprint density at radius 3 is 2.25 bits per heavy atom. The molecule has 4 nitrogen and oxygen atoms in total.